The number of Topliss-reactive ketones (excluding diaryl/α,β-unsaturated/α-hetero) is 1. The van der Waals surface area contributed by atoms with Crippen LogP contribution in [0.15, 0.2) is 60.7 Å². The van der Waals surface area contributed by atoms with Crippen molar-refractivity contribution in [3.63, 3.8) is 0 Å². The van der Waals surface area contributed by atoms with Crippen molar-refractivity contribution in [2.75, 3.05) is 13.7 Å². The molecule has 6 heteroatoms. The fourth-order valence-electron chi connectivity index (χ4n) is 2.18. The lowest BCUT2D eigenvalue weighted by Gasteiger charge is -2.11. The third-order valence-corrected chi connectivity index (χ3v) is 3.70. The van der Waals surface area contributed by atoms with Gasteiger partial charge in [-0.3, -0.25) is 9.59 Å². The van der Waals surface area contributed by atoms with E-state index in [4.69, 9.17) is 9.47 Å². The SMILES string of the molecule is COc1ccc(C=CC(=O)NC(C)C(=O)OCC(=O)c2ccccc2)cc1. The molecule has 0 aromatic heterocycles. The van der Waals surface area contributed by atoms with Crippen LogP contribution in [0.25, 0.3) is 6.08 Å². The van der Waals surface area contributed by atoms with Crippen LogP contribution >= 0.6 is 0 Å². The maximum Gasteiger partial charge on any atom is 0.328 e. The number of methoxy groups -OCH3 is 1. The summed E-state index contributed by atoms with van der Waals surface area (Å²) in [5.41, 5.74) is 1.28. The van der Waals surface area contributed by atoms with Gasteiger partial charge < -0.3 is 14.8 Å². The molecule has 140 valence electrons. The van der Waals surface area contributed by atoms with Gasteiger partial charge in [0.15, 0.2) is 12.4 Å². The van der Waals surface area contributed by atoms with Crippen LogP contribution in [0.5, 0.6) is 5.75 Å². The van der Waals surface area contributed by atoms with Gasteiger partial charge in [-0.15, -0.1) is 0 Å². The summed E-state index contributed by atoms with van der Waals surface area (Å²) in [4.78, 5) is 35.8. The highest BCUT2D eigenvalue weighted by Gasteiger charge is 2.17. The van der Waals surface area contributed by atoms with Crippen LogP contribution in [-0.2, 0) is 14.3 Å². The lowest BCUT2D eigenvalue weighted by atomic mass is 10.1. The topological polar surface area (TPSA) is 81.7 Å². The summed E-state index contributed by atoms with van der Waals surface area (Å²) in [7, 11) is 1.58. The highest BCUT2D eigenvalue weighted by molar-refractivity contribution is 5.98. The monoisotopic (exact) mass is 367 g/mol. The van der Waals surface area contributed by atoms with Crippen molar-refractivity contribution < 1.29 is 23.9 Å². The highest BCUT2D eigenvalue weighted by Crippen LogP contribution is 2.12. The summed E-state index contributed by atoms with van der Waals surface area (Å²) in [5.74, 6) is -0.699. The Balaban J connectivity index is 1.79. The standard InChI is InChI=1S/C21H21NO5/c1-15(21(25)27-14-19(23)17-6-4-3-5-7-17)22-20(24)13-10-16-8-11-18(26-2)12-9-16/h3-13,15H,14H2,1-2H3,(H,22,24). The Kier molecular flexibility index (Phi) is 7.31. The normalized spacial score (nSPS) is 11.6. The summed E-state index contributed by atoms with van der Waals surface area (Å²) in [6.07, 6.45) is 2.94. The molecular weight excluding hydrogens is 346 g/mol. The Labute approximate surface area is 157 Å². The summed E-state index contributed by atoms with van der Waals surface area (Å²) >= 11 is 0. The molecule has 0 fully saturated rings. The molecule has 1 amide bonds. The van der Waals surface area contributed by atoms with Gasteiger partial charge in [0.05, 0.1) is 7.11 Å². The van der Waals surface area contributed by atoms with E-state index in [1.807, 2.05) is 0 Å². The molecule has 2 aromatic rings. The predicted octanol–water partition coefficient (Wildman–Crippen LogP) is 2.64. The zero-order valence-electron chi connectivity index (χ0n) is 15.2. The van der Waals surface area contributed by atoms with Gasteiger partial charge in [-0.25, -0.2) is 4.79 Å². The van der Waals surface area contributed by atoms with E-state index >= 15 is 0 Å². The van der Waals surface area contributed by atoms with E-state index in [9.17, 15) is 14.4 Å². The predicted molar refractivity (Wildman–Crippen MR) is 101 cm³/mol. The second-order valence-electron chi connectivity index (χ2n) is 5.73. The summed E-state index contributed by atoms with van der Waals surface area (Å²) in [6, 6.07) is 14.8. The van der Waals surface area contributed by atoms with Crippen molar-refractivity contribution in [2.45, 2.75) is 13.0 Å². The number of rotatable bonds is 8. The molecule has 2 aromatic carbocycles. The Bertz CT molecular complexity index is 812. The zero-order chi connectivity index (χ0) is 19.6. The first kappa shape index (κ1) is 19.9. The van der Waals surface area contributed by atoms with Crippen LogP contribution in [-0.4, -0.2) is 37.4 Å². The molecule has 1 atom stereocenters. The van der Waals surface area contributed by atoms with Gasteiger partial charge in [-0.1, -0.05) is 42.5 Å². The fraction of sp³-hybridized carbons (Fsp3) is 0.190. The van der Waals surface area contributed by atoms with Crippen molar-refractivity contribution in [1.82, 2.24) is 5.32 Å². The Morgan fingerprint density at radius 2 is 1.70 bits per heavy atom. The van der Waals surface area contributed by atoms with Crippen LogP contribution < -0.4 is 10.1 Å². The van der Waals surface area contributed by atoms with Gasteiger partial charge in [0, 0.05) is 11.6 Å². The summed E-state index contributed by atoms with van der Waals surface area (Å²) in [5, 5.41) is 2.50. The van der Waals surface area contributed by atoms with Crippen LogP contribution in [0.4, 0.5) is 0 Å². The molecule has 0 saturated heterocycles. The third kappa shape index (κ3) is 6.43. The average Bonchev–Trinajstić information content (AvgIpc) is 2.71. The minimum Gasteiger partial charge on any atom is -0.497 e. The molecule has 1 unspecified atom stereocenters. The Hall–Kier alpha value is -3.41. The number of hydrogen-bond acceptors (Lipinski definition) is 5. The molecule has 0 bridgehead atoms. The van der Waals surface area contributed by atoms with E-state index in [-0.39, 0.29) is 12.4 Å². The van der Waals surface area contributed by atoms with E-state index in [2.05, 4.69) is 5.32 Å². The van der Waals surface area contributed by atoms with E-state index in [0.29, 0.717) is 5.56 Å². The lowest BCUT2D eigenvalue weighted by Crippen LogP contribution is -2.39. The first-order valence-electron chi connectivity index (χ1n) is 8.37. The average molecular weight is 367 g/mol. The molecule has 0 aliphatic heterocycles. The Morgan fingerprint density at radius 1 is 1.04 bits per heavy atom. The molecule has 0 aliphatic carbocycles. The van der Waals surface area contributed by atoms with Crippen molar-refractivity contribution in [2.24, 2.45) is 0 Å². The zero-order valence-corrected chi connectivity index (χ0v) is 15.2. The maximum atomic E-state index is 11.9. The largest absolute Gasteiger partial charge is 0.497 e. The summed E-state index contributed by atoms with van der Waals surface area (Å²) in [6.45, 7) is 1.12. The van der Waals surface area contributed by atoms with E-state index in [0.717, 1.165) is 11.3 Å². The molecule has 0 spiro atoms. The molecule has 0 heterocycles. The van der Waals surface area contributed by atoms with Crippen molar-refractivity contribution in [3.05, 3.63) is 71.8 Å². The first-order chi connectivity index (χ1) is 13.0. The number of carbonyl (C=O) groups excluding carboxylic acids is 3. The quantitative estimate of drug-likeness (QED) is 0.441. The number of hydrogen-bond donors (Lipinski definition) is 1. The molecule has 27 heavy (non-hydrogen) atoms. The smallest absolute Gasteiger partial charge is 0.328 e. The van der Waals surface area contributed by atoms with Gasteiger partial charge in [0.25, 0.3) is 0 Å². The second kappa shape index (κ2) is 9.91. The number of carbonyl (C=O) groups is 3. The van der Waals surface area contributed by atoms with Crippen LogP contribution in [0.3, 0.4) is 0 Å². The molecule has 6 nitrogen and oxygen atoms in total. The molecule has 2 rings (SSSR count). The fourth-order valence-corrected chi connectivity index (χ4v) is 2.18. The molecule has 0 radical (unpaired) electrons. The van der Waals surface area contributed by atoms with Gasteiger partial charge in [0.1, 0.15) is 11.8 Å². The minimum atomic E-state index is -0.874. The van der Waals surface area contributed by atoms with Gasteiger partial charge in [-0.05, 0) is 30.7 Å². The highest BCUT2D eigenvalue weighted by atomic mass is 16.5. The molecular formula is C21H21NO5. The summed E-state index contributed by atoms with van der Waals surface area (Å²) < 4.78 is 10.0. The number of benzene rings is 2. The van der Waals surface area contributed by atoms with Crippen LogP contribution in [0.1, 0.15) is 22.8 Å². The van der Waals surface area contributed by atoms with Gasteiger partial charge in [0.2, 0.25) is 5.91 Å². The second-order valence-corrected chi connectivity index (χ2v) is 5.73. The van der Waals surface area contributed by atoms with Gasteiger partial charge in [-0.2, -0.15) is 0 Å². The molecule has 1 N–H and O–H groups in total. The van der Waals surface area contributed by atoms with Crippen LogP contribution in [0.2, 0.25) is 0 Å². The van der Waals surface area contributed by atoms with Crippen molar-refractivity contribution in [1.29, 1.82) is 0 Å². The maximum absolute atomic E-state index is 11.9. The number of ether oxygens (including phenoxy) is 2. The lowest BCUT2D eigenvalue weighted by molar-refractivity contribution is -0.145. The number of nitrogens with one attached hydrogen (secondary N) is 1. The van der Waals surface area contributed by atoms with E-state index in [1.54, 1.807) is 67.8 Å². The van der Waals surface area contributed by atoms with Crippen molar-refractivity contribution in [3.8, 4) is 5.75 Å². The molecule has 0 saturated carbocycles. The van der Waals surface area contributed by atoms with Crippen molar-refractivity contribution >= 4 is 23.7 Å². The minimum absolute atomic E-state index is 0.304. The van der Waals surface area contributed by atoms with E-state index < -0.39 is 17.9 Å². The number of amides is 1. The van der Waals surface area contributed by atoms with Gasteiger partial charge >= 0.3 is 5.97 Å². The first-order valence-corrected chi connectivity index (χ1v) is 8.37. The number of esters is 1. The third-order valence-electron chi connectivity index (χ3n) is 3.70. The van der Waals surface area contributed by atoms with E-state index in [1.165, 1.54) is 13.0 Å². The molecule has 0 aliphatic rings. The number of ketones is 1. The Morgan fingerprint density at radius 3 is 2.33 bits per heavy atom. The van der Waals surface area contributed by atoms with Crippen LogP contribution in [0, 0.1) is 0 Å².